The van der Waals surface area contributed by atoms with Crippen LogP contribution in [-0.4, -0.2) is 74.6 Å². The molecule has 1 aromatic rings. The first-order valence-electron chi connectivity index (χ1n) is 8.10. The summed E-state index contributed by atoms with van der Waals surface area (Å²) in [5, 5.41) is 9.70. The van der Waals surface area contributed by atoms with Gasteiger partial charge >= 0.3 is 0 Å². The van der Waals surface area contributed by atoms with E-state index in [1.54, 1.807) is 7.11 Å². The monoisotopic (exact) mass is 322 g/mol. The first-order valence-corrected chi connectivity index (χ1v) is 8.10. The molecule has 1 saturated heterocycles. The molecule has 2 atom stereocenters. The standard InChI is InChI=1S/C17H26N2O4/c1-18(2)13-7-14(11-20)19(10-13)9-12-6-16-17(8-15(12)21-3)23-5-4-22-16/h6,8,13-14,20H,4-5,7,9-11H2,1-3H3/t13-,14+/m1/s1. The molecule has 6 nitrogen and oxygen atoms in total. The number of likely N-dealkylation sites (N-methyl/N-ethyl adjacent to an activating group) is 1. The van der Waals surface area contributed by atoms with E-state index in [4.69, 9.17) is 14.2 Å². The van der Waals surface area contributed by atoms with E-state index >= 15 is 0 Å². The smallest absolute Gasteiger partial charge is 0.165 e. The summed E-state index contributed by atoms with van der Waals surface area (Å²) in [5.74, 6) is 2.32. The second-order valence-corrected chi connectivity index (χ2v) is 6.43. The van der Waals surface area contributed by atoms with E-state index in [2.05, 4.69) is 23.9 Å². The fourth-order valence-electron chi connectivity index (χ4n) is 3.36. The van der Waals surface area contributed by atoms with Gasteiger partial charge in [0.1, 0.15) is 19.0 Å². The summed E-state index contributed by atoms with van der Waals surface area (Å²) >= 11 is 0. The average molecular weight is 322 g/mol. The molecule has 0 spiro atoms. The van der Waals surface area contributed by atoms with Gasteiger partial charge in [-0.05, 0) is 26.6 Å². The Balaban J connectivity index is 1.81. The van der Waals surface area contributed by atoms with Crippen molar-refractivity contribution < 1.29 is 19.3 Å². The molecule has 0 aromatic heterocycles. The van der Waals surface area contributed by atoms with Crippen molar-refractivity contribution >= 4 is 0 Å². The van der Waals surface area contributed by atoms with Crippen LogP contribution in [0.15, 0.2) is 12.1 Å². The largest absolute Gasteiger partial charge is 0.496 e. The van der Waals surface area contributed by atoms with E-state index in [-0.39, 0.29) is 12.6 Å². The lowest BCUT2D eigenvalue weighted by atomic mass is 10.1. The lowest BCUT2D eigenvalue weighted by molar-refractivity contribution is 0.150. The second-order valence-electron chi connectivity index (χ2n) is 6.43. The van der Waals surface area contributed by atoms with Crippen LogP contribution < -0.4 is 14.2 Å². The molecule has 1 aromatic carbocycles. The van der Waals surface area contributed by atoms with E-state index in [1.807, 2.05) is 12.1 Å². The van der Waals surface area contributed by atoms with Crippen LogP contribution in [0.25, 0.3) is 0 Å². The number of benzene rings is 1. The molecule has 0 aliphatic carbocycles. The third-order valence-electron chi connectivity index (χ3n) is 4.77. The molecule has 1 fully saturated rings. The molecule has 3 rings (SSSR count). The maximum atomic E-state index is 9.70. The first kappa shape index (κ1) is 16.4. The Hall–Kier alpha value is -1.50. The van der Waals surface area contributed by atoms with Gasteiger partial charge in [-0.2, -0.15) is 0 Å². The van der Waals surface area contributed by atoms with Gasteiger partial charge in [0.05, 0.1) is 13.7 Å². The van der Waals surface area contributed by atoms with Crippen LogP contribution in [0.3, 0.4) is 0 Å². The first-order chi connectivity index (χ1) is 11.1. The molecular formula is C17H26N2O4. The number of rotatable bonds is 5. The number of aliphatic hydroxyl groups excluding tert-OH is 1. The predicted molar refractivity (Wildman–Crippen MR) is 87.4 cm³/mol. The van der Waals surface area contributed by atoms with Crippen molar-refractivity contribution in [3.8, 4) is 17.2 Å². The van der Waals surface area contributed by atoms with Crippen LogP contribution in [0.5, 0.6) is 17.2 Å². The summed E-state index contributed by atoms with van der Waals surface area (Å²) in [6.07, 6.45) is 0.983. The van der Waals surface area contributed by atoms with Crippen LogP contribution in [-0.2, 0) is 6.54 Å². The van der Waals surface area contributed by atoms with Gasteiger partial charge in [0.2, 0.25) is 0 Å². The van der Waals surface area contributed by atoms with Crippen molar-refractivity contribution in [1.82, 2.24) is 9.80 Å². The minimum absolute atomic E-state index is 0.178. The molecule has 0 unspecified atom stereocenters. The Bertz CT molecular complexity index is 550. The minimum atomic E-state index is 0.178. The van der Waals surface area contributed by atoms with E-state index in [1.165, 1.54) is 0 Å². The molecule has 6 heteroatoms. The van der Waals surface area contributed by atoms with Gasteiger partial charge in [0.15, 0.2) is 11.5 Å². The van der Waals surface area contributed by atoms with Gasteiger partial charge in [-0.25, -0.2) is 0 Å². The Morgan fingerprint density at radius 3 is 2.57 bits per heavy atom. The lowest BCUT2D eigenvalue weighted by Gasteiger charge is -2.26. The topological polar surface area (TPSA) is 54.4 Å². The van der Waals surface area contributed by atoms with Crippen molar-refractivity contribution in [3.05, 3.63) is 17.7 Å². The summed E-state index contributed by atoms with van der Waals surface area (Å²) in [7, 11) is 5.85. The number of likely N-dealkylation sites (tertiary alicyclic amines) is 1. The zero-order valence-electron chi connectivity index (χ0n) is 14.1. The summed E-state index contributed by atoms with van der Waals surface area (Å²) in [6, 6.07) is 4.55. The quantitative estimate of drug-likeness (QED) is 0.872. The maximum absolute atomic E-state index is 9.70. The van der Waals surface area contributed by atoms with Gasteiger partial charge < -0.3 is 24.2 Å². The Morgan fingerprint density at radius 1 is 1.26 bits per heavy atom. The molecule has 0 saturated carbocycles. The van der Waals surface area contributed by atoms with E-state index < -0.39 is 0 Å². The van der Waals surface area contributed by atoms with Crippen LogP contribution >= 0.6 is 0 Å². The second kappa shape index (κ2) is 6.95. The minimum Gasteiger partial charge on any atom is -0.496 e. The molecular weight excluding hydrogens is 296 g/mol. The van der Waals surface area contributed by atoms with Crippen LogP contribution in [0.2, 0.25) is 0 Å². The van der Waals surface area contributed by atoms with Gasteiger partial charge in [0, 0.05) is 36.8 Å². The van der Waals surface area contributed by atoms with Crippen molar-refractivity contribution in [3.63, 3.8) is 0 Å². The predicted octanol–water partition coefficient (Wildman–Crippen LogP) is 0.963. The van der Waals surface area contributed by atoms with Gasteiger partial charge in [0.25, 0.3) is 0 Å². The number of methoxy groups -OCH3 is 1. The fraction of sp³-hybridized carbons (Fsp3) is 0.647. The van der Waals surface area contributed by atoms with Crippen LogP contribution in [0.1, 0.15) is 12.0 Å². The number of nitrogens with zero attached hydrogens (tertiary/aromatic N) is 2. The highest BCUT2D eigenvalue weighted by Crippen LogP contribution is 2.38. The number of hydrogen-bond acceptors (Lipinski definition) is 6. The van der Waals surface area contributed by atoms with Crippen molar-refractivity contribution in [2.24, 2.45) is 0 Å². The highest BCUT2D eigenvalue weighted by atomic mass is 16.6. The molecule has 128 valence electrons. The SMILES string of the molecule is COc1cc2c(cc1CN1C[C@H](N(C)C)C[C@H]1CO)OCCO2. The molecule has 2 aliphatic heterocycles. The number of fused-ring (bicyclic) bond motifs is 1. The van der Waals surface area contributed by atoms with Gasteiger partial charge in [-0.15, -0.1) is 0 Å². The van der Waals surface area contributed by atoms with Crippen molar-refractivity contribution in [1.29, 1.82) is 0 Å². The summed E-state index contributed by atoms with van der Waals surface area (Å²) in [5.41, 5.74) is 1.06. The molecule has 0 bridgehead atoms. The van der Waals surface area contributed by atoms with E-state index in [9.17, 15) is 5.11 Å². The van der Waals surface area contributed by atoms with Crippen molar-refractivity contribution in [2.75, 3.05) is 47.6 Å². The Kier molecular flexibility index (Phi) is 4.94. The zero-order valence-corrected chi connectivity index (χ0v) is 14.1. The average Bonchev–Trinajstić information content (AvgIpc) is 2.97. The third-order valence-corrected chi connectivity index (χ3v) is 4.77. The van der Waals surface area contributed by atoms with E-state index in [0.29, 0.717) is 19.3 Å². The molecule has 1 N–H and O–H groups in total. The zero-order chi connectivity index (χ0) is 16.4. The van der Waals surface area contributed by atoms with Gasteiger partial charge in [-0.1, -0.05) is 0 Å². The molecule has 0 amide bonds. The number of hydrogen-bond donors (Lipinski definition) is 1. The molecule has 23 heavy (non-hydrogen) atoms. The summed E-state index contributed by atoms with van der Waals surface area (Å²) in [4.78, 5) is 4.54. The fourth-order valence-corrected chi connectivity index (χ4v) is 3.36. The Morgan fingerprint density at radius 2 is 1.96 bits per heavy atom. The summed E-state index contributed by atoms with van der Waals surface area (Å²) < 4.78 is 16.8. The molecule has 2 heterocycles. The highest BCUT2D eigenvalue weighted by Gasteiger charge is 2.33. The molecule has 0 radical (unpaired) electrons. The van der Waals surface area contributed by atoms with Crippen molar-refractivity contribution in [2.45, 2.75) is 25.0 Å². The third kappa shape index (κ3) is 3.39. The van der Waals surface area contributed by atoms with E-state index in [0.717, 1.165) is 42.3 Å². The maximum Gasteiger partial charge on any atom is 0.165 e. The van der Waals surface area contributed by atoms with Gasteiger partial charge in [-0.3, -0.25) is 4.90 Å². The lowest BCUT2D eigenvalue weighted by Crippen LogP contribution is -2.33. The van der Waals surface area contributed by atoms with Crippen LogP contribution in [0.4, 0.5) is 0 Å². The Labute approximate surface area is 137 Å². The highest BCUT2D eigenvalue weighted by molar-refractivity contribution is 5.51. The normalized spacial score (nSPS) is 24.2. The van der Waals surface area contributed by atoms with Crippen LogP contribution in [0, 0.1) is 0 Å². The molecule has 2 aliphatic rings. The number of aliphatic hydroxyl groups is 1. The number of ether oxygens (including phenoxy) is 3. The summed E-state index contributed by atoms with van der Waals surface area (Å²) in [6.45, 7) is 2.99.